The van der Waals surface area contributed by atoms with Gasteiger partial charge in [0.1, 0.15) is 5.65 Å². The van der Waals surface area contributed by atoms with E-state index in [2.05, 4.69) is 15.1 Å². The van der Waals surface area contributed by atoms with Crippen molar-refractivity contribution in [1.82, 2.24) is 14.5 Å². The van der Waals surface area contributed by atoms with E-state index in [0.717, 1.165) is 0 Å². The Morgan fingerprint density at radius 2 is 2.24 bits per heavy atom. The van der Waals surface area contributed by atoms with E-state index in [4.69, 9.17) is 22.2 Å². The molecule has 1 unspecified atom stereocenters. The second kappa shape index (κ2) is 6.66. The molecule has 3 N–H and O–H groups in total. The van der Waals surface area contributed by atoms with Crippen LogP contribution in [0.4, 0.5) is 4.39 Å². The minimum absolute atomic E-state index is 0.0681. The van der Waals surface area contributed by atoms with Crippen LogP contribution in [-0.4, -0.2) is 27.0 Å². The van der Waals surface area contributed by atoms with E-state index >= 15 is 0 Å². The average molecular weight is 364 g/mol. The fraction of sp³-hybridized carbons (Fsp3) is 0.188. The summed E-state index contributed by atoms with van der Waals surface area (Å²) in [6.45, 7) is 1.63. The van der Waals surface area contributed by atoms with Crippen molar-refractivity contribution in [3.8, 4) is 11.3 Å². The molecule has 1 atom stereocenters. The summed E-state index contributed by atoms with van der Waals surface area (Å²) in [7, 11) is 1.59. The van der Waals surface area contributed by atoms with Crippen molar-refractivity contribution in [1.29, 1.82) is 0 Å². The molecule has 25 heavy (non-hydrogen) atoms. The van der Waals surface area contributed by atoms with Crippen LogP contribution in [0.5, 0.6) is 0 Å². The number of hydrogen-bond donors (Lipinski definition) is 2. The Bertz CT molecular complexity index is 1030. The Hall–Kier alpha value is -2.71. The number of benzene rings is 1. The SMILES string of the molecule is CC(N)O/N=C/c1cc(Cl)c(F)c(-c2cc3cn(C)c(=O)nc3[nH]2)c1. The van der Waals surface area contributed by atoms with Crippen molar-refractivity contribution in [3.05, 3.63) is 51.3 Å². The first-order valence-corrected chi connectivity index (χ1v) is 7.73. The van der Waals surface area contributed by atoms with Crippen LogP contribution in [0.3, 0.4) is 0 Å². The maximum Gasteiger partial charge on any atom is 0.349 e. The van der Waals surface area contributed by atoms with Crippen molar-refractivity contribution >= 4 is 28.8 Å². The van der Waals surface area contributed by atoms with Gasteiger partial charge in [-0.2, -0.15) is 4.98 Å². The molecule has 0 spiro atoms. The Kier molecular flexibility index (Phi) is 4.56. The van der Waals surface area contributed by atoms with Gasteiger partial charge in [0.2, 0.25) is 0 Å². The molecule has 0 aliphatic carbocycles. The maximum atomic E-state index is 14.5. The largest absolute Gasteiger partial charge is 0.377 e. The number of nitrogens with two attached hydrogens (primary N) is 1. The summed E-state index contributed by atoms with van der Waals surface area (Å²) in [5, 5.41) is 4.32. The Morgan fingerprint density at radius 1 is 1.48 bits per heavy atom. The van der Waals surface area contributed by atoms with Crippen LogP contribution < -0.4 is 11.4 Å². The second-order valence-electron chi connectivity index (χ2n) is 5.53. The molecule has 2 heterocycles. The predicted molar refractivity (Wildman–Crippen MR) is 94.1 cm³/mol. The highest BCUT2D eigenvalue weighted by molar-refractivity contribution is 6.31. The highest BCUT2D eigenvalue weighted by Crippen LogP contribution is 2.30. The van der Waals surface area contributed by atoms with Crippen molar-refractivity contribution in [2.75, 3.05) is 0 Å². The van der Waals surface area contributed by atoms with Crippen LogP contribution in [-0.2, 0) is 11.9 Å². The number of H-pyrrole nitrogens is 1. The average Bonchev–Trinajstić information content (AvgIpc) is 2.93. The fourth-order valence-electron chi connectivity index (χ4n) is 2.30. The van der Waals surface area contributed by atoms with Gasteiger partial charge < -0.3 is 14.4 Å². The summed E-state index contributed by atoms with van der Waals surface area (Å²) in [6, 6.07) is 4.67. The van der Waals surface area contributed by atoms with Crippen LogP contribution in [0.25, 0.3) is 22.3 Å². The number of aromatic amines is 1. The Labute approximate surface area is 146 Å². The van der Waals surface area contributed by atoms with Gasteiger partial charge in [-0.1, -0.05) is 16.8 Å². The number of hydrogen-bond acceptors (Lipinski definition) is 5. The summed E-state index contributed by atoms with van der Waals surface area (Å²) in [5.41, 5.74) is 6.59. The molecule has 3 aromatic rings. The van der Waals surface area contributed by atoms with Gasteiger partial charge >= 0.3 is 5.69 Å². The number of aromatic nitrogens is 3. The Morgan fingerprint density at radius 3 is 2.96 bits per heavy atom. The van der Waals surface area contributed by atoms with Crippen LogP contribution in [0.1, 0.15) is 12.5 Å². The third-order valence-electron chi connectivity index (χ3n) is 3.44. The van der Waals surface area contributed by atoms with Gasteiger partial charge in [0, 0.05) is 24.2 Å². The lowest BCUT2D eigenvalue weighted by Crippen LogP contribution is -2.18. The zero-order valence-electron chi connectivity index (χ0n) is 13.5. The van der Waals surface area contributed by atoms with E-state index in [1.54, 1.807) is 32.3 Å². The third-order valence-corrected chi connectivity index (χ3v) is 3.71. The highest BCUT2D eigenvalue weighted by Gasteiger charge is 2.14. The summed E-state index contributed by atoms with van der Waals surface area (Å²) in [5.74, 6) is -0.592. The molecule has 3 rings (SSSR count). The first-order valence-electron chi connectivity index (χ1n) is 7.35. The van der Waals surface area contributed by atoms with Crippen LogP contribution >= 0.6 is 11.6 Å². The van der Waals surface area contributed by atoms with Crippen molar-refractivity contribution in [2.24, 2.45) is 17.9 Å². The molecular weight excluding hydrogens is 349 g/mol. The van der Waals surface area contributed by atoms with Crippen molar-refractivity contribution < 1.29 is 9.23 Å². The molecule has 130 valence electrons. The molecule has 0 fully saturated rings. The van der Waals surface area contributed by atoms with E-state index in [0.29, 0.717) is 22.3 Å². The van der Waals surface area contributed by atoms with Crippen LogP contribution in [0, 0.1) is 5.82 Å². The third kappa shape index (κ3) is 3.54. The number of nitrogens with one attached hydrogen (secondary N) is 1. The molecule has 0 radical (unpaired) electrons. The standard InChI is InChI=1S/C16H15ClFN5O2/c1-8(19)25-20-6-9-3-11(14(18)12(17)4-9)13-5-10-7-23(2)16(24)22-15(10)21-13/h3-8H,19H2,1-2H3,(H,21,22,24)/b20-6+. The fourth-order valence-corrected chi connectivity index (χ4v) is 2.53. The van der Waals surface area contributed by atoms with Gasteiger partial charge in [-0.25, -0.2) is 9.18 Å². The van der Waals surface area contributed by atoms with E-state index in [1.807, 2.05) is 0 Å². The first kappa shape index (κ1) is 17.1. The molecule has 2 aromatic heterocycles. The molecule has 0 saturated carbocycles. The lowest BCUT2D eigenvalue weighted by Gasteiger charge is -2.05. The number of oxime groups is 1. The zero-order valence-corrected chi connectivity index (χ0v) is 14.2. The van der Waals surface area contributed by atoms with Gasteiger partial charge in [-0.3, -0.25) is 5.73 Å². The number of aryl methyl sites for hydroxylation is 1. The predicted octanol–water partition coefficient (Wildman–Crippen LogP) is 2.38. The van der Waals surface area contributed by atoms with Gasteiger partial charge in [-0.05, 0) is 30.7 Å². The quantitative estimate of drug-likeness (QED) is 0.422. The van der Waals surface area contributed by atoms with Crippen molar-refractivity contribution in [3.63, 3.8) is 0 Å². The molecule has 0 aliphatic heterocycles. The maximum absolute atomic E-state index is 14.5. The molecule has 7 nitrogen and oxygen atoms in total. The van der Waals surface area contributed by atoms with E-state index in [-0.39, 0.29) is 10.6 Å². The molecule has 0 amide bonds. The van der Waals surface area contributed by atoms with Gasteiger partial charge in [0.15, 0.2) is 12.0 Å². The van der Waals surface area contributed by atoms with Crippen molar-refractivity contribution in [2.45, 2.75) is 13.2 Å². The topological polar surface area (TPSA) is 98.3 Å². The number of rotatable bonds is 4. The lowest BCUT2D eigenvalue weighted by molar-refractivity contribution is 0.0787. The molecular formula is C16H15ClFN5O2. The van der Waals surface area contributed by atoms with E-state index in [1.165, 1.54) is 16.8 Å². The van der Waals surface area contributed by atoms with E-state index < -0.39 is 17.7 Å². The van der Waals surface area contributed by atoms with Gasteiger partial charge in [0.25, 0.3) is 0 Å². The molecule has 9 heteroatoms. The van der Waals surface area contributed by atoms with E-state index in [9.17, 15) is 9.18 Å². The van der Waals surface area contributed by atoms with Crippen LogP contribution in [0.2, 0.25) is 5.02 Å². The number of halogens is 2. The number of nitrogens with zero attached hydrogens (tertiary/aromatic N) is 3. The summed E-state index contributed by atoms with van der Waals surface area (Å²) < 4.78 is 15.8. The molecule has 0 saturated heterocycles. The molecule has 0 bridgehead atoms. The summed E-state index contributed by atoms with van der Waals surface area (Å²) in [6.07, 6.45) is 2.44. The number of fused-ring (bicyclic) bond motifs is 1. The minimum atomic E-state index is -0.592. The lowest BCUT2D eigenvalue weighted by atomic mass is 10.1. The minimum Gasteiger partial charge on any atom is -0.377 e. The first-order chi connectivity index (χ1) is 11.8. The highest BCUT2D eigenvalue weighted by atomic mass is 35.5. The van der Waals surface area contributed by atoms with Gasteiger partial charge in [0.05, 0.1) is 16.9 Å². The monoisotopic (exact) mass is 363 g/mol. The second-order valence-corrected chi connectivity index (χ2v) is 5.94. The Balaban J connectivity index is 2.08. The van der Waals surface area contributed by atoms with Gasteiger partial charge in [-0.15, -0.1) is 0 Å². The normalized spacial score (nSPS) is 12.8. The summed E-state index contributed by atoms with van der Waals surface area (Å²) >= 11 is 5.97. The zero-order chi connectivity index (χ0) is 18.1. The smallest absolute Gasteiger partial charge is 0.349 e. The summed E-state index contributed by atoms with van der Waals surface area (Å²) in [4.78, 5) is 23.3. The van der Waals surface area contributed by atoms with Crippen LogP contribution in [0.15, 0.2) is 34.3 Å². The molecule has 1 aromatic carbocycles. The molecule has 0 aliphatic rings.